The molecule has 0 aliphatic heterocycles. The van der Waals surface area contributed by atoms with Crippen molar-refractivity contribution in [2.24, 2.45) is 0 Å². The van der Waals surface area contributed by atoms with Crippen LogP contribution in [0.3, 0.4) is 0 Å². The van der Waals surface area contributed by atoms with Crippen LogP contribution in [-0.4, -0.2) is 12.9 Å². The third kappa shape index (κ3) is 3.17. The molecule has 0 saturated heterocycles. The van der Waals surface area contributed by atoms with E-state index in [2.05, 4.69) is 38.5 Å². The van der Waals surface area contributed by atoms with Crippen LogP contribution in [0.4, 0.5) is 0 Å². The fraction of sp³-hybridized carbons (Fsp3) is 0.133. The highest BCUT2D eigenvalue weighted by Crippen LogP contribution is 2.26. The molecule has 0 fully saturated rings. The first-order chi connectivity index (χ1) is 9.02. The molecule has 0 aliphatic carbocycles. The predicted molar refractivity (Wildman–Crippen MR) is 88.0 cm³/mol. The van der Waals surface area contributed by atoms with Gasteiger partial charge < -0.3 is 4.74 Å². The fourth-order valence-electron chi connectivity index (χ4n) is 1.88. The van der Waals surface area contributed by atoms with Gasteiger partial charge in [0.05, 0.1) is 12.7 Å². The van der Waals surface area contributed by atoms with Crippen molar-refractivity contribution in [3.8, 4) is 5.75 Å². The summed E-state index contributed by atoms with van der Waals surface area (Å²) >= 11 is 5.59. The quantitative estimate of drug-likeness (QED) is 0.525. The summed E-state index contributed by atoms with van der Waals surface area (Å²) in [7, 11) is 1.58. The van der Waals surface area contributed by atoms with Gasteiger partial charge in [0.25, 0.3) is 0 Å². The van der Waals surface area contributed by atoms with E-state index in [4.69, 9.17) is 4.74 Å². The smallest absolute Gasteiger partial charge is 0.197 e. The van der Waals surface area contributed by atoms with Gasteiger partial charge in [-0.3, -0.25) is 4.79 Å². The second kappa shape index (κ2) is 6.05. The second-order valence-electron chi connectivity index (χ2n) is 4.13. The lowest BCUT2D eigenvalue weighted by atomic mass is 9.98. The monoisotopic (exact) mass is 430 g/mol. The molecule has 2 aromatic rings. The Kier molecular flexibility index (Phi) is 4.62. The molecule has 2 nitrogen and oxygen atoms in total. The molecule has 19 heavy (non-hydrogen) atoms. The minimum absolute atomic E-state index is 0.0135. The zero-order chi connectivity index (χ0) is 14.0. The second-order valence-corrected chi connectivity index (χ2v) is 6.29. The van der Waals surface area contributed by atoms with Crippen LogP contribution < -0.4 is 4.74 Å². The summed E-state index contributed by atoms with van der Waals surface area (Å²) in [6.07, 6.45) is 0. The van der Waals surface area contributed by atoms with Crippen LogP contribution in [0.1, 0.15) is 21.5 Å². The molecular formula is C15H12BrIO2. The van der Waals surface area contributed by atoms with E-state index in [9.17, 15) is 4.79 Å². The van der Waals surface area contributed by atoms with Crippen molar-refractivity contribution in [1.29, 1.82) is 0 Å². The molecule has 2 aromatic carbocycles. The highest BCUT2D eigenvalue weighted by atomic mass is 127. The van der Waals surface area contributed by atoms with Gasteiger partial charge in [0.1, 0.15) is 5.75 Å². The van der Waals surface area contributed by atoms with E-state index in [1.165, 1.54) is 0 Å². The summed E-state index contributed by atoms with van der Waals surface area (Å²) < 4.78 is 7.25. The Balaban J connectivity index is 2.52. The molecular weight excluding hydrogens is 419 g/mol. The minimum atomic E-state index is -0.0135. The standard InChI is InChI=1S/C15H12BrIO2/c1-9-7-10(16)3-5-12(9)15(18)13-8-11(17)4-6-14(13)19-2/h3-8H,1-2H3. The highest BCUT2D eigenvalue weighted by Gasteiger charge is 2.16. The first-order valence-corrected chi connectivity index (χ1v) is 7.54. The molecule has 4 heteroatoms. The Morgan fingerprint density at radius 2 is 1.89 bits per heavy atom. The summed E-state index contributed by atoms with van der Waals surface area (Å²) in [6, 6.07) is 11.2. The van der Waals surface area contributed by atoms with E-state index in [0.717, 1.165) is 13.6 Å². The number of rotatable bonds is 3. The van der Waals surface area contributed by atoms with Gasteiger partial charge in [0, 0.05) is 13.6 Å². The largest absolute Gasteiger partial charge is 0.496 e. The lowest BCUT2D eigenvalue weighted by Crippen LogP contribution is -2.06. The molecule has 0 atom stereocenters. The highest BCUT2D eigenvalue weighted by molar-refractivity contribution is 14.1. The maximum absolute atomic E-state index is 12.6. The van der Waals surface area contributed by atoms with Crippen LogP contribution in [0.2, 0.25) is 0 Å². The molecule has 98 valence electrons. The molecule has 0 bridgehead atoms. The SMILES string of the molecule is COc1ccc(I)cc1C(=O)c1ccc(Br)cc1C. The van der Waals surface area contributed by atoms with Gasteiger partial charge in [-0.1, -0.05) is 15.9 Å². The number of methoxy groups -OCH3 is 1. The number of carbonyl (C=O) groups is 1. The van der Waals surface area contributed by atoms with Crippen LogP contribution in [0.15, 0.2) is 40.9 Å². The topological polar surface area (TPSA) is 26.3 Å². The molecule has 0 aromatic heterocycles. The van der Waals surface area contributed by atoms with Gasteiger partial charge in [0.15, 0.2) is 5.78 Å². The number of ether oxygens (including phenoxy) is 1. The summed E-state index contributed by atoms with van der Waals surface area (Å²) in [5, 5.41) is 0. The Hall–Kier alpha value is -0.880. The van der Waals surface area contributed by atoms with Gasteiger partial charge in [-0.2, -0.15) is 0 Å². The third-order valence-electron chi connectivity index (χ3n) is 2.84. The van der Waals surface area contributed by atoms with E-state index in [1.807, 2.05) is 43.3 Å². The van der Waals surface area contributed by atoms with Crippen molar-refractivity contribution in [2.45, 2.75) is 6.92 Å². The van der Waals surface area contributed by atoms with Crippen LogP contribution in [0, 0.1) is 10.5 Å². The first-order valence-electron chi connectivity index (χ1n) is 5.67. The molecule has 0 radical (unpaired) electrons. The lowest BCUT2D eigenvalue weighted by molar-refractivity contribution is 0.103. The predicted octanol–water partition coefficient (Wildman–Crippen LogP) is 4.60. The molecule has 0 N–H and O–H groups in total. The zero-order valence-electron chi connectivity index (χ0n) is 10.5. The van der Waals surface area contributed by atoms with E-state index in [-0.39, 0.29) is 5.78 Å². The van der Waals surface area contributed by atoms with Crippen molar-refractivity contribution in [1.82, 2.24) is 0 Å². The molecule has 0 saturated carbocycles. The van der Waals surface area contributed by atoms with E-state index < -0.39 is 0 Å². The maximum Gasteiger partial charge on any atom is 0.197 e. The number of hydrogen-bond acceptors (Lipinski definition) is 2. The van der Waals surface area contributed by atoms with Crippen LogP contribution in [0.25, 0.3) is 0 Å². The van der Waals surface area contributed by atoms with Crippen molar-refractivity contribution in [2.75, 3.05) is 7.11 Å². The number of aryl methyl sites for hydroxylation is 1. The van der Waals surface area contributed by atoms with E-state index in [1.54, 1.807) is 7.11 Å². The van der Waals surface area contributed by atoms with Gasteiger partial charge in [-0.05, 0) is 71.5 Å². The normalized spacial score (nSPS) is 10.3. The summed E-state index contributed by atoms with van der Waals surface area (Å²) in [6.45, 7) is 1.93. The molecule has 0 amide bonds. The number of benzene rings is 2. The first kappa shape index (κ1) is 14.5. The minimum Gasteiger partial charge on any atom is -0.496 e. The third-order valence-corrected chi connectivity index (χ3v) is 4.00. The van der Waals surface area contributed by atoms with Crippen LogP contribution >= 0.6 is 38.5 Å². The lowest BCUT2D eigenvalue weighted by Gasteiger charge is -2.10. The van der Waals surface area contributed by atoms with Crippen LogP contribution in [-0.2, 0) is 0 Å². The Labute approximate surface area is 134 Å². The van der Waals surface area contributed by atoms with Crippen molar-refractivity contribution in [3.63, 3.8) is 0 Å². The summed E-state index contributed by atoms with van der Waals surface area (Å²) in [5.41, 5.74) is 2.24. The number of halogens is 2. The Morgan fingerprint density at radius 1 is 1.16 bits per heavy atom. The van der Waals surface area contributed by atoms with E-state index >= 15 is 0 Å². The Morgan fingerprint density at radius 3 is 2.53 bits per heavy atom. The summed E-state index contributed by atoms with van der Waals surface area (Å²) in [5.74, 6) is 0.591. The number of carbonyl (C=O) groups excluding carboxylic acids is 1. The molecule has 0 spiro atoms. The molecule has 0 unspecified atom stereocenters. The molecule has 2 rings (SSSR count). The molecule has 0 aliphatic rings. The van der Waals surface area contributed by atoms with Crippen molar-refractivity contribution >= 4 is 44.3 Å². The number of hydrogen-bond donors (Lipinski definition) is 0. The zero-order valence-corrected chi connectivity index (χ0v) is 14.3. The average Bonchev–Trinajstić information content (AvgIpc) is 2.38. The van der Waals surface area contributed by atoms with Gasteiger partial charge in [-0.15, -0.1) is 0 Å². The van der Waals surface area contributed by atoms with Gasteiger partial charge in [0.2, 0.25) is 0 Å². The molecule has 0 heterocycles. The Bertz CT molecular complexity index is 638. The van der Waals surface area contributed by atoms with Crippen LogP contribution in [0.5, 0.6) is 5.75 Å². The van der Waals surface area contributed by atoms with E-state index in [0.29, 0.717) is 16.9 Å². The fourth-order valence-corrected chi connectivity index (χ4v) is 2.85. The van der Waals surface area contributed by atoms with Crippen molar-refractivity contribution in [3.05, 3.63) is 61.1 Å². The summed E-state index contributed by atoms with van der Waals surface area (Å²) in [4.78, 5) is 12.6. The maximum atomic E-state index is 12.6. The van der Waals surface area contributed by atoms with Crippen molar-refractivity contribution < 1.29 is 9.53 Å². The van der Waals surface area contributed by atoms with Gasteiger partial charge >= 0.3 is 0 Å². The number of ketones is 1. The van der Waals surface area contributed by atoms with Gasteiger partial charge in [-0.25, -0.2) is 0 Å². The average molecular weight is 431 g/mol.